The molecule has 0 atom stereocenters. The summed E-state index contributed by atoms with van der Waals surface area (Å²) in [6.45, 7) is 4.86. The van der Waals surface area contributed by atoms with Gasteiger partial charge in [0.25, 0.3) is 0 Å². The molecular formula is C26H31N2O+. The molecular weight excluding hydrogens is 356 g/mol. The Labute approximate surface area is 173 Å². The lowest BCUT2D eigenvalue weighted by Gasteiger charge is -2.38. The SMILES string of the molecule is C.C1=c2cc3c4c(c2Oc2c1cc1c5c2CCCN5CCC1)CCC[N+]=4CCC3. The van der Waals surface area contributed by atoms with Gasteiger partial charge in [0.1, 0.15) is 24.6 Å². The Morgan fingerprint density at radius 3 is 2.45 bits per heavy atom. The third-order valence-corrected chi connectivity index (χ3v) is 7.52. The van der Waals surface area contributed by atoms with Gasteiger partial charge in [-0.1, -0.05) is 7.43 Å². The Balaban J connectivity index is 0.00000165. The highest BCUT2D eigenvalue weighted by atomic mass is 16.5. The van der Waals surface area contributed by atoms with E-state index in [2.05, 4.69) is 27.7 Å². The highest BCUT2D eigenvalue weighted by molar-refractivity contribution is 5.76. The summed E-state index contributed by atoms with van der Waals surface area (Å²) >= 11 is 0. The first-order valence-corrected chi connectivity index (χ1v) is 11.3. The molecule has 29 heavy (non-hydrogen) atoms. The molecule has 5 heterocycles. The summed E-state index contributed by atoms with van der Waals surface area (Å²) in [5, 5.41) is 2.84. The topological polar surface area (TPSA) is 15.5 Å². The second-order valence-corrected chi connectivity index (χ2v) is 9.20. The van der Waals surface area contributed by atoms with Crippen LogP contribution < -0.4 is 24.8 Å². The zero-order valence-electron chi connectivity index (χ0n) is 16.5. The van der Waals surface area contributed by atoms with Crippen molar-refractivity contribution in [3.8, 4) is 11.5 Å². The van der Waals surface area contributed by atoms with Gasteiger partial charge in [0, 0.05) is 53.5 Å². The number of anilines is 1. The number of nitrogens with zero attached hydrogens (tertiary/aromatic N) is 2. The number of hydrogen-bond donors (Lipinski definition) is 0. The summed E-state index contributed by atoms with van der Waals surface area (Å²) in [5.74, 6) is 2.34. The van der Waals surface area contributed by atoms with Gasteiger partial charge in [-0.2, -0.15) is 0 Å². The summed E-state index contributed by atoms with van der Waals surface area (Å²) < 4.78 is 9.45. The largest absolute Gasteiger partial charge is 0.455 e. The van der Waals surface area contributed by atoms with Gasteiger partial charge >= 0.3 is 0 Å². The fraction of sp³-hybridized carbons (Fsp3) is 0.500. The van der Waals surface area contributed by atoms with Gasteiger partial charge in [0.05, 0.1) is 5.56 Å². The molecule has 2 aromatic carbocycles. The average Bonchev–Trinajstić information content (AvgIpc) is 2.74. The fourth-order valence-electron chi connectivity index (χ4n) is 6.44. The minimum atomic E-state index is 0. The van der Waals surface area contributed by atoms with Crippen LogP contribution in [0, 0.1) is 0 Å². The van der Waals surface area contributed by atoms with Crippen LogP contribution in [0.3, 0.4) is 0 Å². The molecule has 0 bridgehead atoms. The minimum absolute atomic E-state index is 0. The van der Waals surface area contributed by atoms with Gasteiger partial charge in [-0.05, 0) is 62.3 Å². The Bertz CT molecular complexity index is 1150. The Hall–Kier alpha value is -2.29. The number of fused-ring (bicyclic) bond motifs is 4. The van der Waals surface area contributed by atoms with Gasteiger partial charge < -0.3 is 9.64 Å². The van der Waals surface area contributed by atoms with Crippen molar-refractivity contribution < 1.29 is 4.74 Å². The maximum absolute atomic E-state index is 6.83. The number of hydrogen-bond acceptors (Lipinski definition) is 2. The van der Waals surface area contributed by atoms with Crippen LogP contribution in [0.1, 0.15) is 60.9 Å². The van der Waals surface area contributed by atoms with E-state index in [0.717, 1.165) is 12.8 Å². The second kappa shape index (κ2) is 6.35. The molecule has 150 valence electrons. The molecule has 7 rings (SSSR count). The van der Waals surface area contributed by atoms with E-state index in [1.165, 1.54) is 109 Å². The van der Waals surface area contributed by atoms with E-state index in [4.69, 9.17) is 4.74 Å². The molecule has 0 aromatic heterocycles. The molecule has 0 fully saturated rings. The molecule has 0 aliphatic carbocycles. The fourth-order valence-corrected chi connectivity index (χ4v) is 6.44. The Morgan fingerprint density at radius 2 is 1.55 bits per heavy atom. The summed E-state index contributed by atoms with van der Waals surface area (Å²) in [6, 6.07) is 4.87. The van der Waals surface area contributed by atoms with Crippen molar-refractivity contribution in [2.45, 2.75) is 58.8 Å². The summed E-state index contributed by atoms with van der Waals surface area (Å²) in [4.78, 5) is 2.62. The molecule has 0 N–H and O–H groups in total. The highest BCUT2D eigenvalue weighted by Gasteiger charge is 2.32. The van der Waals surface area contributed by atoms with Crippen LogP contribution in [-0.2, 0) is 25.7 Å². The zero-order chi connectivity index (χ0) is 18.2. The first-order chi connectivity index (χ1) is 13.9. The highest BCUT2D eigenvalue weighted by Crippen LogP contribution is 2.45. The normalized spacial score (nSPS) is 20.3. The molecule has 5 aliphatic heterocycles. The molecule has 3 heteroatoms. The van der Waals surface area contributed by atoms with Crippen LogP contribution in [0.25, 0.3) is 6.08 Å². The summed E-state index contributed by atoms with van der Waals surface area (Å²) in [5.41, 5.74) is 8.90. The smallest absolute Gasteiger partial charge is 0.210 e. The van der Waals surface area contributed by atoms with E-state index in [1.54, 1.807) is 11.1 Å². The van der Waals surface area contributed by atoms with Crippen molar-refractivity contribution in [3.63, 3.8) is 0 Å². The molecule has 0 saturated carbocycles. The van der Waals surface area contributed by atoms with Crippen molar-refractivity contribution in [1.82, 2.24) is 4.58 Å². The molecule has 0 saturated heterocycles. The third-order valence-electron chi connectivity index (χ3n) is 7.52. The van der Waals surface area contributed by atoms with Crippen LogP contribution in [0.4, 0.5) is 5.69 Å². The second-order valence-electron chi connectivity index (χ2n) is 9.20. The zero-order valence-corrected chi connectivity index (χ0v) is 16.5. The quantitative estimate of drug-likeness (QED) is 0.550. The van der Waals surface area contributed by atoms with E-state index in [-0.39, 0.29) is 7.43 Å². The van der Waals surface area contributed by atoms with Crippen molar-refractivity contribution in [3.05, 3.63) is 50.5 Å². The average molecular weight is 388 g/mol. The molecule has 0 spiro atoms. The van der Waals surface area contributed by atoms with E-state index >= 15 is 0 Å². The van der Waals surface area contributed by atoms with Gasteiger partial charge in [-0.25, -0.2) is 4.58 Å². The van der Waals surface area contributed by atoms with Crippen molar-refractivity contribution in [2.24, 2.45) is 0 Å². The third kappa shape index (κ3) is 2.39. The van der Waals surface area contributed by atoms with Crippen molar-refractivity contribution in [2.75, 3.05) is 31.1 Å². The summed E-state index contributed by atoms with van der Waals surface area (Å²) in [6.07, 6.45) is 12.3. The van der Waals surface area contributed by atoms with E-state index in [0.29, 0.717) is 0 Å². The van der Waals surface area contributed by atoms with Crippen LogP contribution in [-0.4, -0.2) is 26.2 Å². The maximum Gasteiger partial charge on any atom is 0.210 e. The number of rotatable bonds is 0. The van der Waals surface area contributed by atoms with Gasteiger partial charge in [0.15, 0.2) is 0 Å². The monoisotopic (exact) mass is 387 g/mol. The van der Waals surface area contributed by atoms with Crippen molar-refractivity contribution >= 4 is 11.8 Å². The van der Waals surface area contributed by atoms with Gasteiger partial charge in [0.2, 0.25) is 5.36 Å². The molecule has 0 unspecified atom stereocenters. The van der Waals surface area contributed by atoms with E-state index < -0.39 is 0 Å². The van der Waals surface area contributed by atoms with Gasteiger partial charge in [-0.15, -0.1) is 0 Å². The Kier molecular flexibility index (Phi) is 3.85. The lowest BCUT2D eigenvalue weighted by molar-refractivity contribution is 0.432. The number of benzene rings is 2. The standard InChI is InChI=1S/C25H27N2O.CH4/c1-5-16-13-18-15-19-14-17-6-2-10-27-12-4-8-21(23(17)27)25(19)28-24(18)20-7-3-11-26(9-1)22(16)20;/h13-15H,1-12H2;1H4/q+1;. The molecule has 3 nitrogen and oxygen atoms in total. The van der Waals surface area contributed by atoms with Crippen LogP contribution in [0.2, 0.25) is 0 Å². The first-order valence-electron chi connectivity index (χ1n) is 11.3. The predicted molar refractivity (Wildman–Crippen MR) is 119 cm³/mol. The van der Waals surface area contributed by atoms with Crippen LogP contribution >= 0.6 is 0 Å². The first kappa shape index (κ1) is 17.6. The van der Waals surface area contributed by atoms with E-state index in [9.17, 15) is 0 Å². The maximum atomic E-state index is 6.83. The van der Waals surface area contributed by atoms with Crippen molar-refractivity contribution in [1.29, 1.82) is 0 Å². The molecule has 2 aromatic rings. The van der Waals surface area contributed by atoms with Crippen LogP contribution in [0.15, 0.2) is 12.1 Å². The molecule has 0 radical (unpaired) electrons. The van der Waals surface area contributed by atoms with Gasteiger partial charge in [-0.3, -0.25) is 0 Å². The lowest BCUT2D eigenvalue weighted by atomic mass is 9.87. The minimum Gasteiger partial charge on any atom is -0.455 e. The van der Waals surface area contributed by atoms with E-state index in [1.807, 2.05) is 0 Å². The number of aryl methyl sites for hydroxylation is 2. The number of ether oxygens (including phenoxy) is 1. The molecule has 0 amide bonds. The summed E-state index contributed by atoms with van der Waals surface area (Å²) in [7, 11) is 0. The predicted octanol–water partition coefficient (Wildman–Crippen LogP) is 3.34. The molecule has 5 aliphatic rings. The Morgan fingerprint density at radius 1 is 0.793 bits per heavy atom. The van der Waals surface area contributed by atoms with Crippen LogP contribution in [0.5, 0.6) is 11.5 Å². The lowest BCUT2D eigenvalue weighted by Crippen LogP contribution is -2.45.